The van der Waals surface area contributed by atoms with E-state index in [9.17, 15) is 14.7 Å². The SMILES string of the molecule is COc1c(Br)cc(Br)cc1/C=C/C(=O)NC(=S)Nc1cccc(C(=O)O)c1C. The Bertz CT molecular complexity index is 977. The number of ether oxygens (including phenoxy) is 1. The highest BCUT2D eigenvalue weighted by Gasteiger charge is 2.12. The number of carboxylic acids is 1. The maximum Gasteiger partial charge on any atom is 0.336 e. The number of halogens is 2. The first-order valence-corrected chi connectivity index (χ1v) is 9.88. The second-order valence-corrected chi connectivity index (χ2v) is 7.75. The molecule has 2 aromatic carbocycles. The fourth-order valence-electron chi connectivity index (χ4n) is 2.39. The Kier molecular flexibility index (Phi) is 7.73. The number of methoxy groups -OCH3 is 1. The molecule has 0 radical (unpaired) electrons. The average Bonchev–Trinajstić information content (AvgIpc) is 2.61. The zero-order chi connectivity index (χ0) is 20.8. The molecule has 0 bridgehead atoms. The molecule has 6 nitrogen and oxygen atoms in total. The molecule has 2 aromatic rings. The van der Waals surface area contributed by atoms with Crippen molar-refractivity contribution in [2.75, 3.05) is 12.4 Å². The van der Waals surface area contributed by atoms with Gasteiger partial charge < -0.3 is 15.2 Å². The smallest absolute Gasteiger partial charge is 0.336 e. The molecule has 0 fully saturated rings. The molecular formula is C19H16Br2N2O4S. The lowest BCUT2D eigenvalue weighted by Gasteiger charge is -2.12. The summed E-state index contributed by atoms with van der Waals surface area (Å²) in [5, 5.41) is 14.6. The Morgan fingerprint density at radius 3 is 2.61 bits per heavy atom. The number of hydrogen-bond donors (Lipinski definition) is 3. The molecule has 2 rings (SSSR count). The summed E-state index contributed by atoms with van der Waals surface area (Å²) in [5.41, 5.74) is 1.88. The molecule has 0 aromatic heterocycles. The average molecular weight is 528 g/mol. The predicted molar refractivity (Wildman–Crippen MR) is 120 cm³/mol. The maximum atomic E-state index is 12.2. The van der Waals surface area contributed by atoms with Gasteiger partial charge in [-0.3, -0.25) is 10.1 Å². The van der Waals surface area contributed by atoms with E-state index >= 15 is 0 Å². The maximum absolute atomic E-state index is 12.2. The number of nitrogens with one attached hydrogen (secondary N) is 2. The summed E-state index contributed by atoms with van der Waals surface area (Å²) in [6.45, 7) is 1.66. The van der Waals surface area contributed by atoms with Gasteiger partial charge in [0.2, 0.25) is 5.91 Å². The van der Waals surface area contributed by atoms with Crippen molar-refractivity contribution in [3.63, 3.8) is 0 Å². The van der Waals surface area contributed by atoms with E-state index in [1.807, 2.05) is 12.1 Å². The van der Waals surface area contributed by atoms with Crippen molar-refractivity contribution < 1.29 is 19.4 Å². The Labute approximate surface area is 184 Å². The van der Waals surface area contributed by atoms with E-state index in [4.69, 9.17) is 17.0 Å². The molecule has 9 heteroatoms. The van der Waals surface area contributed by atoms with Crippen molar-refractivity contribution in [2.45, 2.75) is 6.92 Å². The van der Waals surface area contributed by atoms with Gasteiger partial charge in [-0.25, -0.2) is 4.79 Å². The Hall–Kier alpha value is -2.23. The lowest BCUT2D eigenvalue weighted by Crippen LogP contribution is -2.33. The zero-order valence-corrected chi connectivity index (χ0v) is 18.9. The largest absolute Gasteiger partial charge is 0.495 e. The third kappa shape index (κ3) is 5.63. The molecule has 0 saturated carbocycles. The molecule has 0 aliphatic heterocycles. The molecule has 28 heavy (non-hydrogen) atoms. The van der Waals surface area contributed by atoms with Crippen molar-refractivity contribution in [2.24, 2.45) is 0 Å². The molecule has 0 spiro atoms. The number of carbonyl (C=O) groups excluding carboxylic acids is 1. The van der Waals surface area contributed by atoms with Crippen LogP contribution in [-0.2, 0) is 4.79 Å². The van der Waals surface area contributed by atoms with Crippen LogP contribution in [0.1, 0.15) is 21.5 Å². The Morgan fingerprint density at radius 2 is 1.96 bits per heavy atom. The number of rotatable bonds is 5. The lowest BCUT2D eigenvalue weighted by atomic mass is 10.1. The minimum atomic E-state index is -1.03. The molecule has 0 unspecified atom stereocenters. The van der Waals surface area contributed by atoms with Crippen LogP contribution in [0.4, 0.5) is 5.69 Å². The monoisotopic (exact) mass is 526 g/mol. The molecule has 0 atom stereocenters. The normalized spacial score (nSPS) is 10.6. The van der Waals surface area contributed by atoms with E-state index in [-0.39, 0.29) is 10.7 Å². The van der Waals surface area contributed by atoms with E-state index < -0.39 is 11.9 Å². The quantitative estimate of drug-likeness (QED) is 0.384. The number of aromatic carboxylic acids is 1. The van der Waals surface area contributed by atoms with Crippen molar-refractivity contribution >= 4 is 72.8 Å². The molecule has 0 heterocycles. The molecule has 0 aliphatic carbocycles. The van der Waals surface area contributed by atoms with Crippen molar-refractivity contribution in [1.29, 1.82) is 0 Å². The number of carboxylic acid groups (broad SMARTS) is 1. The number of hydrogen-bond acceptors (Lipinski definition) is 4. The van der Waals surface area contributed by atoms with Crippen LogP contribution < -0.4 is 15.4 Å². The minimum absolute atomic E-state index is 0.0580. The molecule has 146 valence electrons. The van der Waals surface area contributed by atoms with Gasteiger partial charge in [0.15, 0.2) is 5.11 Å². The highest BCUT2D eigenvalue weighted by atomic mass is 79.9. The van der Waals surface area contributed by atoms with Crippen LogP contribution in [0.5, 0.6) is 5.75 Å². The van der Waals surface area contributed by atoms with Crippen molar-refractivity contribution in [3.05, 3.63) is 62.0 Å². The Morgan fingerprint density at radius 1 is 1.25 bits per heavy atom. The van der Waals surface area contributed by atoms with Crippen LogP contribution in [0.3, 0.4) is 0 Å². The molecule has 0 aliphatic rings. The van der Waals surface area contributed by atoms with Gasteiger partial charge in [-0.1, -0.05) is 22.0 Å². The standard InChI is InChI=1S/C19H16Br2N2O4S/c1-10-13(18(25)26)4-3-5-15(10)22-19(28)23-16(24)7-6-11-8-12(20)9-14(21)17(11)27-2/h3-9H,1-2H3,(H,25,26)(H2,22,23,24,28)/b7-6+. The van der Waals surface area contributed by atoms with E-state index in [0.29, 0.717) is 22.6 Å². The van der Waals surface area contributed by atoms with Gasteiger partial charge in [-0.15, -0.1) is 0 Å². The van der Waals surface area contributed by atoms with E-state index in [2.05, 4.69) is 42.5 Å². The second-order valence-electron chi connectivity index (χ2n) is 5.57. The van der Waals surface area contributed by atoms with Gasteiger partial charge >= 0.3 is 5.97 Å². The number of amides is 1. The van der Waals surface area contributed by atoms with Gasteiger partial charge in [0.05, 0.1) is 17.1 Å². The summed E-state index contributed by atoms with van der Waals surface area (Å²) in [6.07, 6.45) is 2.92. The summed E-state index contributed by atoms with van der Waals surface area (Å²) in [4.78, 5) is 23.4. The highest BCUT2D eigenvalue weighted by Crippen LogP contribution is 2.33. The fourth-order valence-corrected chi connectivity index (χ4v) is 4.03. The summed E-state index contributed by atoms with van der Waals surface area (Å²) in [5.74, 6) is -0.884. The summed E-state index contributed by atoms with van der Waals surface area (Å²) >= 11 is 11.9. The summed E-state index contributed by atoms with van der Waals surface area (Å²) in [7, 11) is 1.54. The van der Waals surface area contributed by atoms with E-state index in [1.54, 1.807) is 25.1 Å². The van der Waals surface area contributed by atoms with Gasteiger partial charge in [0.25, 0.3) is 0 Å². The number of carbonyl (C=O) groups is 2. The van der Waals surface area contributed by atoms with Gasteiger partial charge in [-0.2, -0.15) is 0 Å². The lowest BCUT2D eigenvalue weighted by molar-refractivity contribution is -0.115. The topological polar surface area (TPSA) is 87.7 Å². The third-order valence-corrected chi connectivity index (χ3v) is 4.96. The van der Waals surface area contributed by atoms with Crippen LogP contribution in [0.2, 0.25) is 0 Å². The third-order valence-electron chi connectivity index (χ3n) is 3.70. The molecular weight excluding hydrogens is 512 g/mol. The van der Waals surface area contributed by atoms with Gasteiger partial charge in [-0.05, 0) is 71.0 Å². The highest BCUT2D eigenvalue weighted by molar-refractivity contribution is 9.11. The minimum Gasteiger partial charge on any atom is -0.495 e. The van der Waals surface area contributed by atoms with Crippen LogP contribution in [-0.4, -0.2) is 29.2 Å². The van der Waals surface area contributed by atoms with Crippen LogP contribution in [0, 0.1) is 6.92 Å². The first-order valence-electron chi connectivity index (χ1n) is 7.89. The number of benzene rings is 2. The van der Waals surface area contributed by atoms with Crippen molar-refractivity contribution in [1.82, 2.24) is 5.32 Å². The fraction of sp³-hybridized carbons (Fsp3) is 0.105. The summed E-state index contributed by atoms with van der Waals surface area (Å²) < 4.78 is 6.90. The molecule has 0 saturated heterocycles. The first kappa shape index (κ1) is 22.1. The Balaban J connectivity index is 2.08. The first-order chi connectivity index (χ1) is 13.2. The van der Waals surface area contributed by atoms with Gasteiger partial charge in [0, 0.05) is 21.8 Å². The van der Waals surface area contributed by atoms with Crippen molar-refractivity contribution in [3.8, 4) is 5.75 Å². The second kappa shape index (κ2) is 9.81. The van der Waals surface area contributed by atoms with Crippen LogP contribution in [0.15, 0.2) is 45.4 Å². The molecule has 3 N–H and O–H groups in total. The molecule has 1 amide bonds. The van der Waals surface area contributed by atoms with Crippen LogP contribution >= 0.6 is 44.1 Å². The zero-order valence-electron chi connectivity index (χ0n) is 14.9. The number of anilines is 1. The van der Waals surface area contributed by atoms with Gasteiger partial charge in [0.1, 0.15) is 5.75 Å². The number of thiocarbonyl (C=S) groups is 1. The van der Waals surface area contributed by atoms with Crippen LogP contribution in [0.25, 0.3) is 6.08 Å². The predicted octanol–water partition coefficient (Wildman–Crippen LogP) is 4.75. The van der Waals surface area contributed by atoms with E-state index in [1.165, 1.54) is 19.3 Å². The van der Waals surface area contributed by atoms with E-state index in [0.717, 1.165) is 8.95 Å². The summed E-state index contributed by atoms with van der Waals surface area (Å²) in [6, 6.07) is 8.42.